The normalized spacial score (nSPS) is 32.6. The highest BCUT2D eigenvalue weighted by molar-refractivity contribution is 5.80. The van der Waals surface area contributed by atoms with E-state index in [4.69, 9.17) is 0 Å². The van der Waals surface area contributed by atoms with Gasteiger partial charge >= 0.3 is 0 Å². The molecule has 2 aliphatic carbocycles. The van der Waals surface area contributed by atoms with E-state index in [2.05, 4.69) is 26.8 Å². The Labute approximate surface area is 111 Å². The van der Waals surface area contributed by atoms with Gasteiger partial charge < -0.3 is 0 Å². The van der Waals surface area contributed by atoms with Gasteiger partial charge in [-0.1, -0.05) is 22.8 Å². The minimum absolute atomic E-state index is 0.345. The molecule has 18 heavy (non-hydrogen) atoms. The summed E-state index contributed by atoms with van der Waals surface area (Å²) >= 11 is 0. The Morgan fingerprint density at radius 2 is 1.94 bits per heavy atom. The topological polar surface area (TPSA) is 17.1 Å². The maximum atomic E-state index is 11.7. The average molecular weight is 246 g/mol. The number of ketones is 1. The highest BCUT2D eigenvalue weighted by Crippen LogP contribution is 2.54. The van der Waals surface area contributed by atoms with Crippen molar-refractivity contribution in [2.24, 2.45) is 17.8 Å². The van der Waals surface area contributed by atoms with E-state index in [1.807, 2.05) is 0 Å². The zero-order valence-electron chi connectivity index (χ0n) is 12.3. The fourth-order valence-electron chi connectivity index (χ4n) is 3.96. The van der Waals surface area contributed by atoms with E-state index in [1.165, 1.54) is 24.8 Å². The molecule has 0 N–H and O–H groups in total. The summed E-state index contributed by atoms with van der Waals surface area (Å²) in [5.41, 5.74) is 4.64. The molecule has 0 amide bonds. The van der Waals surface area contributed by atoms with Crippen molar-refractivity contribution in [2.75, 3.05) is 0 Å². The maximum absolute atomic E-state index is 11.7. The van der Waals surface area contributed by atoms with Crippen molar-refractivity contribution in [3.63, 3.8) is 0 Å². The van der Waals surface area contributed by atoms with Gasteiger partial charge in [0, 0.05) is 5.92 Å². The van der Waals surface area contributed by atoms with Crippen molar-refractivity contribution in [1.82, 2.24) is 0 Å². The van der Waals surface area contributed by atoms with Gasteiger partial charge in [0.2, 0.25) is 0 Å². The Morgan fingerprint density at radius 1 is 1.22 bits per heavy atom. The monoisotopic (exact) mass is 246 g/mol. The average Bonchev–Trinajstić information content (AvgIpc) is 2.85. The van der Waals surface area contributed by atoms with E-state index in [0.29, 0.717) is 17.6 Å². The van der Waals surface area contributed by atoms with Crippen LogP contribution in [0.15, 0.2) is 22.8 Å². The quantitative estimate of drug-likeness (QED) is 0.658. The maximum Gasteiger partial charge on any atom is 0.133 e. The highest BCUT2D eigenvalue weighted by Gasteiger charge is 2.46. The second-order valence-corrected chi connectivity index (χ2v) is 6.39. The van der Waals surface area contributed by atoms with Crippen molar-refractivity contribution in [2.45, 2.75) is 59.8 Å². The van der Waals surface area contributed by atoms with Crippen LogP contribution in [0.2, 0.25) is 0 Å². The number of carbonyl (C=O) groups is 1. The smallest absolute Gasteiger partial charge is 0.133 e. The minimum Gasteiger partial charge on any atom is -0.300 e. The van der Waals surface area contributed by atoms with Crippen LogP contribution in [-0.2, 0) is 4.79 Å². The van der Waals surface area contributed by atoms with Crippen LogP contribution in [0.25, 0.3) is 0 Å². The second kappa shape index (κ2) is 5.42. The number of allylic oxidation sites excluding steroid dienone is 4. The van der Waals surface area contributed by atoms with Gasteiger partial charge in [-0.25, -0.2) is 0 Å². The number of Topliss-reactive ketones (excluding diaryl/α,β-unsaturated/α-hetero) is 1. The largest absolute Gasteiger partial charge is 0.300 e. The van der Waals surface area contributed by atoms with E-state index < -0.39 is 0 Å². The van der Waals surface area contributed by atoms with Crippen LogP contribution >= 0.6 is 0 Å². The van der Waals surface area contributed by atoms with Crippen LogP contribution in [0.1, 0.15) is 59.8 Å². The summed E-state index contributed by atoms with van der Waals surface area (Å²) in [6, 6.07) is 0. The standard InChI is InChI=1S/C17H26O/c1-11(2)6-5-7-12(3)17-14-8-9-15(17)16(10-14)13(4)18/h6,14-16H,5,7-10H2,1-4H3/b17-12+. The number of hydrogen-bond acceptors (Lipinski definition) is 1. The molecule has 0 saturated heterocycles. The fourth-order valence-corrected chi connectivity index (χ4v) is 3.96. The van der Waals surface area contributed by atoms with Crippen LogP contribution in [0.3, 0.4) is 0 Å². The number of rotatable bonds is 4. The van der Waals surface area contributed by atoms with E-state index in [0.717, 1.165) is 18.8 Å². The molecule has 1 heteroatoms. The first-order chi connectivity index (χ1) is 8.50. The Bertz CT molecular complexity index is 396. The van der Waals surface area contributed by atoms with Crippen LogP contribution < -0.4 is 0 Å². The molecule has 1 nitrogen and oxygen atoms in total. The molecule has 2 rings (SSSR count). The fraction of sp³-hybridized carbons (Fsp3) is 0.706. The SMILES string of the molecule is CC(=O)C1CC2CCC1/C2=C(\C)CCC=C(C)C. The van der Waals surface area contributed by atoms with Crippen molar-refractivity contribution in [3.05, 3.63) is 22.8 Å². The number of hydrogen-bond donors (Lipinski definition) is 0. The molecule has 3 atom stereocenters. The van der Waals surface area contributed by atoms with E-state index in [-0.39, 0.29) is 0 Å². The van der Waals surface area contributed by atoms with Gasteiger partial charge in [-0.3, -0.25) is 4.79 Å². The van der Waals surface area contributed by atoms with Gasteiger partial charge in [-0.15, -0.1) is 0 Å². The number of carbonyl (C=O) groups excluding carboxylic acids is 1. The van der Waals surface area contributed by atoms with Gasteiger partial charge in [0.05, 0.1) is 0 Å². The first-order valence-electron chi connectivity index (χ1n) is 7.34. The lowest BCUT2D eigenvalue weighted by Gasteiger charge is -2.17. The zero-order valence-corrected chi connectivity index (χ0v) is 12.3. The van der Waals surface area contributed by atoms with Gasteiger partial charge in [0.25, 0.3) is 0 Å². The summed E-state index contributed by atoms with van der Waals surface area (Å²) in [4.78, 5) is 11.7. The summed E-state index contributed by atoms with van der Waals surface area (Å²) in [7, 11) is 0. The van der Waals surface area contributed by atoms with Crippen molar-refractivity contribution >= 4 is 5.78 Å². The Kier molecular flexibility index (Phi) is 4.09. The van der Waals surface area contributed by atoms with Crippen molar-refractivity contribution < 1.29 is 4.79 Å². The van der Waals surface area contributed by atoms with Crippen molar-refractivity contribution in [3.8, 4) is 0 Å². The first kappa shape index (κ1) is 13.6. The Morgan fingerprint density at radius 3 is 2.50 bits per heavy atom. The predicted octanol–water partition coefficient (Wildman–Crippen LogP) is 4.68. The van der Waals surface area contributed by atoms with Crippen LogP contribution in [0.4, 0.5) is 0 Å². The highest BCUT2D eigenvalue weighted by atomic mass is 16.1. The molecule has 0 aromatic carbocycles. The minimum atomic E-state index is 0.345. The lowest BCUT2D eigenvalue weighted by atomic mass is 9.85. The molecular weight excluding hydrogens is 220 g/mol. The summed E-state index contributed by atoms with van der Waals surface area (Å²) < 4.78 is 0. The third kappa shape index (κ3) is 2.60. The molecule has 0 aromatic rings. The third-order valence-corrected chi connectivity index (χ3v) is 4.78. The van der Waals surface area contributed by atoms with Crippen molar-refractivity contribution in [1.29, 1.82) is 0 Å². The van der Waals surface area contributed by atoms with Gasteiger partial charge in [-0.05, 0) is 71.6 Å². The number of fused-ring (bicyclic) bond motifs is 2. The lowest BCUT2D eigenvalue weighted by Crippen LogP contribution is -2.18. The second-order valence-electron chi connectivity index (χ2n) is 6.39. The van der Waals surface area contributed by atoms with Crippen LogP contribution in [-0.4, -0.2) is 5.78 Å². The molecular formula is C17H26O. The Balaban J connectivity index is 2.08. The third-order valence-electron chi connectivity index (χ3n) is 4.78. The van der Waals surface area contributed by atoms with E-state index in [9.17, 15) is 4.79 Å². The summed E-state index contributed by atoms with van der Waals surface area (Å²) in [5, 5.41) is 0. The molecule has 2 bridgehead atoms. The summed E-state index contributed by atoms with van der Waals surface area (Å²) in [6.45, 7) is 8.39. The van der Waals surface area contributed by atoms with Crippen LogP contribution in [0, 0.1) is 17.8 Å². The molecule has 2 fully saturated rings. The van der Waals surface area contributed by atoms with E-state index in [1.54, 1.807) is 18.1 Å². The first-order valence-corrected chi connectivity index (χ1v) is 7.34. The van der Waals surface area contributed by atoms with E-state index >= 15 is 0 Å². The van der Waals surface area contributed by atoms with Gasteiger partial charge in [0.15, 0.2) is 0 Å². The molecule has 100 valence electrons. The molecule has 2 saturated carbocycles. The predicted molar refractivity (Wildman–Crippen MR) is 76.4 cm³/mol. The molecule has 0 radical (unpaired) electrons. The lowest BCUT2D eigenvalue weighted by molar-refractivity contribution is -0.122. The van der Waals surface area contributed by atoms with Gasteiger partial charge in [-0.2, -0.15) is 0 Å². The molecule has 0 aliphatic heterocycles. The molecule has 3 unspecified atom stereocenters. The molecule has 0 spiro atoms. The molecule has 0 aromatic heterocycles. The molecule has 2 aliphatic rings. The Hall–Kier alpha value is -0.850. The van der Waals surface area contributed by atoms with Gasteiger partial charge in [0.1, 0.15) is 5.78 Å². The van der Waals surface area contributed by atoms with Crippen LogP contribution in [0.5, 0.6) is 0 Å². The zero-order chi connectivity index (χ0) is 13.3. The summed E-state index contributed by atoms with van der Waals surface area (Å²) in [6.07, 6.45) is 8.37. The summed E-state index contributed by atoms with van der Waals surface area (Å²) in [5.74, 6) is 2.09. The molecule has 0 heterocycles.